The Bertz CT molecular complexity index is 934. The Labute approximate surface area is 161 Å². The molecule has 1 heterocycles. The topological polar surface area (TPSA) is 94.3 Å². The largest absolute Gasteiger partial charge is 0.456 e. The van der Waals surface area contributed by atoms with Gasteiger partial charge in [0, 0.05) is 17.5 Å². The van der Waals surface area contributed by atoms with E-state index in [4.69, 9.17) is 10.5 Å². The number of aromatic nitrogens is 1. The summed E-state index contributed by atoms with van der Waals surface area (Å²) < 4.78 is 5.34. The molecule has 3 rings (SSSR count). The van der Waals surface area contributed by atoms with Crippen molar-refractivity contribution >= 4 is 23.3 Å². The van der Waals surface area contributed by atoms with Crippen LogP contribution in [0.3, 0.4) is 0 Å². The van der Waals surface area contributed by atoms with Gasteiger partial charge < -0.3 is 15.8 Å². The smallest absolute Gasteiger partial charge is 0.338 e. The maximum Gasteiger partial charge on any atom is 0.338 e. The summed E-state index contributed by atoms with van der Waals surface area (Å²) in [6, 6.07) is 14.3. The van der Waals surface area contributed by atoms with Crippen molar-refractivity contribution < 1.29 is 14.3 Å². The van der Waals surface area contributed by atoms with Gasteiger partial charge in [0.15, 0.2) is 0 Å². The molecule has 0 aliphatic rings. The minimum atomic E-state index is -0.591. The van der Waals surface area contributed by atoms with Crippen LogP contribution < -0.4 is 11.1 Å². The van der Waals surface area contributed by atoms with Crippen LogP contribution in [0, 0.1) is 6.92 Å². The van der Waals surface area contributed by atoms with E-state index in [9.17, 15) is 9.59 Å². The Balaban J connectivity index is 1.56. The van der Waals surface area contributed by atoms with Gasteiger partial charge in [-0.05, 0) is 24.6 Å². The van der Waals surface area contributed by atoms with Crippen LogP contribution in [0.2, 0.25) is 0 Å². The van der Waals surface area contributed by atoms with Gasteiger partial charge in [0.25, 0.3) is 0 Å². The van der Waals surface area contributed by atoms with Crippen LogP contribution >= 0.6 is 11.3 Å². The zero-order valence-corrected chi connectivity index (χ0v) is 15.6. The van der Waals surface area contributed by atoms with E-state index in [0.29, 0.717) is 17.8 Å². The quantitative estimate of drug-likeness (QED) is 0.637. The summed E-state index contributed by atoms with van der Waals surface area (Å²) in [4.78, 5) is 27.4. The zero-order chi connectivity index (χ0) is 19.2. The number of rotatable bonds is 6. The minimum Gasteiger partial charge on any atom is -0.456 e. The van der Waals surface area contributed by atoms with Crippen LogP contribution in [0.5, 0.6) is 0 Å². The van der Waals surface area contributed by atoms with Crippen LogP contribution in [0.1, 0.15) is 27.2 Å². The van der Waals surface area contributed by atoms with E-state index in [1.807, 2.05) is 36.6 Å². The number of thiazole rings is 1. The zero-order valence-electron chi connectivity index (χ0n) is 14.8. The Morgan fingerprint density at radius 1 is 1.11 bits per heavy atom. The molecule has 138 valence electrons. The molecule has 6 nitrogen and oxygen atoms in total. The third-order valence-electron chi connectivity index (χ3n) is 3.86. The number of benzene rings is 2. The second kappa shape index (κ2) is 8.46. The second-order valence-corrected chi connectivity index (χ2v) is 6.86. The van der Waals surface area contributed by atoms with Crippen molar-refractivity contribution in [1.29, 1.82) is 0 Å². The number of carbonyl (C=O) groups excluding carboxylic acids is 2. The molecular weight excluding hydrogens is 362 g/mol. The first-order valence-electron chi connectivity index (χ1n) is 8.32. The number of carbonyl (C=O) groups is 2. The average Bonchev–Trinajstić information content (AvgIpc) is 3.14. The Morgan fingerprint density at radius 3 is 2.48 bits per heavy atom. The molecule has 0 spiro atoms. The van der Waals surface area contributed by atoms with Crippen molar-refractivity contribution in [2.24, 2.45) is 5.73 Å². The van der Waals surface area contributed by atoms with Crippen molar-refractivity contribution in [3.63, 3.8) is 0 Å². The van der Waals surface area contributed by atoms with Crippen molar-refractivity contribution in [2.75, 3.05) is 0 Å². The van der Waals surface area contributed by atoms with Crippen molar-refractivity contribution in [3.05, 3.63) is 76.3 Å². The molecule has 0 aliphatic carbocycles. The lowest BCUT2D eigenvalue weighted by Crippen LogP contribution is -2.28. The molecule has 0 bridgehead atoms. The first-order valence-corrected chi connectivity index (χ1v) is 9.20. The van der Waals surface area contributed by atoms with Crippen molar-refractivity contribution in [3.8, 4) is 10.6 Å². The Hall–Kier alpha value is -3.19. The third kappa shape index (κ3) is 5.15. The summed E-state index contributed by atoms with van der Waals surface area (Å²) in [5.41, 5.74) is 9.26. The van der Waals surface area contributed by atoms with Gasteiger partial charge in [-0.2, -0.15) is 0 Å². The summed E-state index contributed by atoms with van der Waals surface area (Å²) in [5, 5.41) is 5.28. The summed E-state index contributed by atoms with van der Waals surface area (Å²) in [7, 11) is 0. The van der Waals surface area contributed by atoms with Crippen LogP contribution in [-0.2, 0) is 17.9 Å². The number of ether oxygens (including phenoxy) is 1. The third-order valence-corrected chi connectivity index (χ3v) is 4.80. The Morgan fingerprint density at radius 2 is 1.81 bits per heavy atom. The molecule has 27 heavy (non-hydrogen) atoms. The predicted octanol–water partition coefficient (Wildman–Crippen LogP) is 3.64. The van der Waals surface area contributed by atoms with Gasteiger partial charge in [-0.1, -0.05) is 42.0 Å². The monoisotopic (exact) mass is 381 g/mol. The predicted molar refractivity (Wildman–Crippen MR) is 104 cm³/mol. The molecule has 0 fully saturated rings. The molecule has 3 aromatic rings. The number of urea groups is 1. The van der Waals surface area contributed by atoms with Crippen LogP contribution in [0.15, 0.2) is 53.9 Å². The van der Waals surface area contributed by atoms with E-state index < -0.39 is 12.0 Å². The highest BCUT2D eigenvalue weighted by Gasteiger charge is 2.10. The van der Waals surface area contributed by atoms with Crippen molar-refractivity contribution in [2.45, 2.75) is 20.1 Å². The van der Waals surface area contributed by atoms with E-state index in [1.165, 1.54) is 16.9 Å². The van der Waals surface area contributed by atoms with Crippen molar-refractivity contribution in [1.82, 2.24) is 10.3 Å². The molecule has 7 heteroatoms. The van der Waals surface area contributed by atoms with E-state index in [1.54, 1.807) is 24.3 Å². The number of amides is 2. The summed E-state index contributed by atoms with van der Waals surface area (Å²) in [6.45, 7) is 2.47. The summed E-state index contributed by atoms with van der Waals surface area (Å²) in [6.07, 6.45) is 0. The highest BCUT2D eigenvalue weighted by Crippen LogP contribution is 2.24. The molecule has 0 unspecified atom stereocenters. The summed E-state index contributed by atoms with van der Waals surface area (Å²) in [5.74, 6) is -0.422. The van der Waals surface area contributed by atoms with Crippen LogP contribution in [0.25, 0.3) is 10.6 Å². The van der Waals surface area contributed by atoms with Gasteiger partial charge in [-0.25, -0.2) is 14.6 Å². The minimum absolute atomic E-state index is 0.117. The van der Waals surface area contributed by atoms with Gasteiger partial charge in [-0.3, -0.25) is 0 Å². The average molecular weight is 381 g/mol. The highest BCUT2D eigenvalue weighted by molar-refractivity contribution is 7.13. The first kappa shape index (κ1) is 18.6. The fourth-order valence-corrected chi connectivity index (χ4v) is 3.18. The molecule has 0 atom stereocenters. The Kier molecular flexibility index (Phi) is 5.83. The summed E-state index contributed by atoms with van der Waals surface area (Å²) >= 11 is 1.52. The van der Waals surface area contributed by atoms with Gasteiger partial charge in [-0.15, -0.1) is 11.3 Å². The van der Waals surface area contributed by atoms with E-state index in [-0.39, 0.29) is 6.61 Å². The van der Waals surface area contributed by atoms with Crippen LogP contribution in [-0.4, -0.2) is 17.0 Å². The lowest BCUT2D eigenvalue weighted by Gasteiger charge is -2.05. The number of nitrogens with zero attached hydrogens (tertiary/aromatic N) is 1. The number of hydrogen-bond acceptors (Lipinski definition) is 5. The molecule has 2 amide bonds. The van der Waals surface area contributed by atoms with E-state index in [0.717, 1.165) is 16.1 Å². The van der Waals surface area contributed by atoms with E-state index >= 15 is 0 Å². The second-order valence-electron chi connectivity index (χ2n) is 6.00. The normalized spacial score (nSPS) is 10.4. The molecular formula is C20H19N3O3S. The van der Waals surface area contributed by atoms with Gasteiger partial charge >= 0.3 is 12.0 Å². The number of nitrogens with one attached hydrogen (secondary N) is 1. The molecule has 0 saturated carbocycles. The standard InChI is InChI=1S/C20H19N3O3S/c1-13-2-6-15(7-3-13)18-23-17(12-27-18)11-26-19(24)16-8-4-14(5-9-16)10-22-20(21)25/h2-9,12H,10-11H2,1H3,(H3,21,22,25). The SMILES string of the molecule is Cc1ccc(-c2nc(COC(=O)c3ccc(CNC(N)=O)cc3)cs2)cc1. The maximum absolute atomic E-state index is 12.2. The van der Waals surface area contributed by atoms with E-state index in [2.05, 4.69) is 10.3 Å². The van der Waals surface area contributed by atoms with Gasteiger partial charge in [0.05, 0.1) is 11.3 Å². The molecule has 2 aromatic carbocycles. The number of hydrogen-bond donors (Lipinski definition) is 2. The first-order chi connectivity index (χ1) is 13.0. The number of primary amides is 1. The highest BCUT2D eigenvalue weighted by atomic mass is 32.1. The molecule has 3 N–H and O–H groups in total. The fourth-order valence-electron chi connectivity index (χ4n) is 2.37. The maximum atomic E-state index is 12.2. The number of esters is 1. The fraction of sp³-hybridized carbons (Fsp3) is 0.150. The number of nitrogens with two attached hydrogens (primary N) is 1. The molecule has 0 aliphatic heterocycles. The molecule has 0 saturated heterocycles. The lowest BCUT2D eigenvalue weighted by atomic mass is 10.1. The molecule has 0 radical (unpaired) electrons. The van der Waals surface area contributed by atoms with Crippen LogP contribution in [0.4, 0.5) is 4.79 Å². The van der Waals surface area contributed by atoms with Gasteiger partial charge in [0.2, 0.25) is 0 Å². The molecule has 1 aromatic heterocycles. The number of aryl methyl sites for hydroxylation is 1. The van der Waals surface area contributed by atoms with Gasteiger partial charge in [0.1, 0.15) is 11.6 Å². The lowest BCUT2D eigenvalue weighted by molar-refractivity contribution is 0.0468.